The van der Waals surface area contributed by atoms with Gasteiger partial charge < -0.3 is 37.0 Å². The lowest BCUT2D eigenvalue weighted by molar-refractivity contribution is -0.161. The Bertz CT molecular complexity index is 323. The third-order valence-corrected chi connectivity index (χ3v) is 5.48. The van der Waals surface area contributed by atoms with E-state index in [0.29, 0.717) is 26.4 Å². The molecule has 0 amide bonds. The van der Waals surface area contributed by atoms with E-state index in [4.69, 9.17) is 46.1 Å². The minimum absolute atomic E-state index is 0.0414. The van der Waals surface area contributed by atoms with Gasteiger partial charge in [-0.2, -0.15) is 0 Å². The molecule has 0 radical (unpaired) electrons. The van der Waals surface area contributed by atoms with Crippen LogP contribution in [0.15, 0.2) is 0 Å². The van der Waals surface area contributed by atoms with Gasteiger partial charge in [-0.05, 0) is 13.8 Å². The Morgan fingerprint density at radius 3 is 1.44 bits per heavy atom. The molecule has 10 nitrogen and oxygen atoms in total. The standard InChI is InChI=1S/C13H26O10P2/c1-11(14-3)16-9-22-24-18-5-13(6-19-24)7-20-25(21-8-13)23-10-17-12(2)15-4/h11-12H,5-10H2,1-4H3. The first-order chi connectivity index (χ1) is 12.1. The third kappa shape index (κ3) is 7.54. The van der Waals surface area contributed by atoms with E-state index in [1.165, 1.54) is 0 Å². The van der Waals surface area contributed by atoms with E-state index in [0.717, 1.165) is 0 Å². The van der Waals surface area contributed by atoms with Crippen LogP contribution in [0.25, 0.3) is 0 Å². The van der Waals surface area contributed by atoms with Crippen molar-refractivity contribution in [3.05, 3.63) is 0 Å². The number of rotatable bonds is 10. The van der Waals surface area contributed by atoms with Gasteiger partial charge in [-0.1, -0.05) is 0 Å². The summed E-state index contributed by atoms with van der Waals surface area (Å²) in [5.41, 5.74) is -0.355. The summed E-state index contributed by atoms with van der Waals surface area (Å²) in [5, 5.41) is 0. The first-order valence-corrected chi connectivity index (χ1v) is 9.92. The predicted molar refractivity (Wildman–Crippen MR) is 87.1 cm³/mol. The second-order valence-corrected chi connectivity index (χ2v) is 7.92. The summed E-state index contributed by atoms with van der Waals surface area (Å²) in [6.45, 7) is 5.29. The average Bonchev–Trinajstić information content (AvgIpc) is 2.65. The molecule has 2 fully saturated rings. The molecule has 2 rings (SSSR count). The zero-order chi connectivity index (χ0) is 18.1. The molecule has 0 N–H and O–H groups in total. The van der Waals surface area contributed by atoms with Gasteiger partial charge >= 0.3 is 17.2 Å². The van der Waals surface area contributed by atoms with Crippen LogP contribution in [0, 0.1) is 5.41 Å². The molecule has 2 heterocycles. The normalized spacial score (nSPS) is 32.6. The highest BCUT2D eigenvalue weighted by Gasteiger charge is 2.44. The monoisotopic (exact) mass is 404 g/mol. The molecule has 0 aromatic rings. The van der Waals surface area contributed by atoms with Crippen LogP contribution in [0.3, 0.4) is 0 Å². The van der Waals surface area contributed by atoms with Gasteiger partial charge in [0.25, 0.3) is 0 Å². The maximum atomic E-state index is 5.61. The minimum atomic E-state index is -1.44. The summed E-state index contributed by atoms with van der Waals surface area (Å²) in [4.78, 5) is 0. The fourth-order valence-corrected chi connectivity index (χ4v) is 3.96. The smallest absolute Gasteiger partial charge is 0.334 e. The summed E-state index contributed by atoms with van der Waals surface area (Å²) in [6.07, 6.45) is -0.692. The molecule has 0 bridgehead atoms. The van der Waals surface area contributed by atoms with Gasteiger partial charge in [0.1, 0.15) is 0 Å². The van der Waals surface area contributed by atoms with Crippen LogP contribution >= 0.6 is 17.2 Å². The van der Waals surface area contributed by atoms with Crippen molar-refractivity contribution in [3.8, 4) is 0 Å². The summed E-state index contributed by atoms with van der Waals surface area (Å²) in [5.74, 6) is 0. The predicted octanol–water partition coefficient (Wildman–Crippen LogP) is 2.49. The Morgan fingerprint density at radius 1 is 0.760 bits per heavy atom. The van der Waals surface area contributed by atoms with Gasteiger partial charge in [0, 0.05) is 14.2 Å². The third-order valence-electron chi connectivity index (χ3n) is 3.49. The van der Waals surface area contributed by atoms with Gasteiger partial charge in [-0.15, -0.1) is 0 Å². The first-order valence-electron chi connectivity index (χ1n) is 7.73. The summed E-state index contributed by atoms with van der Waals surface area (Å²) in [7, 11) is 0.231. The molecule has 2 unspecified atom stereocenters. The minimum Gasteiger partial charge on any atom is -0.356 e. The van der Waals surface area contributed by atoms with Gasteiger partial charge in [-0.25, -0.2) is 0 Å². The van der Waals surface area contributed by atoms with Crippen LogP contribution in [0.4, 0.5) is 0 Å². The Hall–Kier alpha value is 0.460. The second kappa shape index (κ2) is 11.3. The van der Waals surface area contributed by atoms with E-state index in [-0.39, 0.29) is 31.6 Å². The molecule has 25 heavy (non-hydrogen) atoms. The molecule has 0 aromatic carbocycles. The highest BCUT2D eigenvalue weighted by molar-refractivity contribution is 7.42. The Labute approximate surface area is 150 Å². The number of methoxy groups -OCH3 is 2. The maximum absolute atomic E-state index is 5.61. The van der Waals surface area contributed by atoms with Gasteiger partial charge in [0.05, 0.1) is 31.8 Å². The van der Waals surface area contributed by atoms with E-state index in [1.807, 2.05) is 0 Å². The second-order valence-electron chi connectivity index (χ2n) is 5.47. The fraction of sp³-hybridized carbons (Fsp3) is 1.00. The Kier molecular flexibility index (Phi) is 9.87. The van der Waals surface area contributed by atoms with Crippen LogP contribution in [0.1, 0.15) is 13.8 Å². The molecule has 2 aliphatic rings. The zero-order valence-electron chi connectivity index (χ0n) is 14.9. The van der Waals surface area contributed by atoms with Crippen LogP contribution in [-0.4, -0.2) is 66.8 Å². The molecule has 2 atom stereocenters. The Morgan fingerprint density at radius 2 is 1.12 bits per heavy atom. The van der Waals surface area contributed by atoms with E-state index in [2.05, 4.69) is 0 Å². The van der Waals surface area contributed by atoms with E-state index in [1.54, 1.807) is 28.1 Å². The summed E-state index contributed by atoms with van der Waals surface area (Å²) < 4.78 is 53.6. The fourth-order valence-electron chi connectivity index (χ4n) is 1.71. The molecule has 1 spiro atoms. The number of hydrogen-bond donors (Lipinski definition) is 0. The first kappa shape index (κ1) is 21.8. The Balaban J connectivity index is 1.59. The van der Waals surface area contributed by atoms with E-state index in [9.17, 15) is 0 Å². The highest BCUT2D eigenvalue weighted by atomic mass is 31.2. The van der Waals surface area contributed by atoms with Gasteiger partial charge in [-0.3, -0.25) is 9.05 Å². The molecule has 12 heteroatoms. The largest absolute Gasteiger partial charge is 0.356 e. The topological polar surface area (TPSA) is 92.3 Å². The number of ether oxygens (including phenoxy) is 4. The molecular weight excluding hydrogens is 378 g/mol. The maximum Gasteiger partial charge on any atom is 0.334 e. The van der Waals surface area contributed by atoms with Crippen LogP contribution in [0.5, 0.6) is 0 Å². The molecule has 0 saturated carbocycles. The van der Waals surface area contributed by atoms with Crippen LogP contribution in [-0.2, 0) is 46.1 Å². The zero-order valence-corrected chi connectivity index (χ0v) is 16.7. The van der Waals surface area contributed by atoms with Crippen LogP contribution in [0.2, 0.25) is 0 Å². The molecule has 2 aliphatic heterocycles. The van der Waals surface area contributed by atoms with Crippen LogP contribution < -0.4 is 0 Å². The van der Waals surface area contributed by atoms with Crippen molar-refractivity contribution in [1.29, 1.82) is 0 Å². The summed E-state index contributed by atoms with van der Waals surface area (Å²) >= 11 is 0. The molecule has 0 aromatic heterocycles. The lowest BCUT2D eigenvalue weighted by Crippen LogP contribution is -2.44. The van der Waals surface area contributed by atoms with Crippen molar-refractivity contribution in [2.45, 2.75) is 26.4 Å². The van der Waals surface area contributed by atoms with Crippen molar-refractivity contribution < 1.29 is 46.1 Å². The molecular formula is C13H26O10P2. The van der Waals surface area contributed by atoms with Gasteiger partial charge in [0.15, 0.2) is 26.2 Å². The van der Waals surface area contributed by atoms with Crippen molar-refractivity contribution in [1.82, 2.24) is 0 Å². The lowest BCUT2D eigenvalue weighted by Gasteiger charge is -2.41. The lowest BCUT2D eigenvalue weighted by atomic mass is 9.93. The number of hydrogen-bond acceptors (Lipinski definition) is 10. The van der Waals surface area contributed by atoms with E-state index >= 15 is 0 Å². The highest BCUT2D eigenvalue weighted by Crippen LogP contribution is 2.52. The molecule has 0 aliphatic carbocycles. The SMILES string of the molecule is COC(C)OCOP1OCC2(CO1)COP(OCOC(C)OC)OC2. The van der Waals surface area contributed by atoms with E-state index < -0.39 is 17.2 Å². The molecule has 148 valence electrons. The van der Waals surface area contributed by atoms with Crippen molar-refractivity contribution in [2.24, 2.45) is 5.41 Å². The van der Waals surface area contributed by atoms with Crippen molar-refractivity contribution in [2.75, 3.05) is 54.2 Å². The molecule has 2 saturated heterocycles. The average molecular weight is 404 g/mol. The van der Waals surface area contributed by atoms with Crippen molar-refractivity contribution >= 4 is 17.2 Å². The van der Waals surface area contributed by atoms with Gasteiger partial charge in [0.2, 0.25) is 0 Å². The van der Waals surface area contributed by atoms with Crippen molar-refractivity contribution in [3.63, 3.8) is 0 Å². The quantitative estimate of drug-likeness (QED) is 0.399. The summed E-state index contributed by atoms with van der Waals surface area (Å²) in [6, 6.07) is 0.